The summed E-state index contributed by atoms with van der Waals surface area (Å²) in [6, 6.07) is 16.3. The first kappa shape index (κ1) is 17.7. The van der Waals surface area contributed by atoms with E-state index >= 15 is 0 Å². The standard InChI is InChI=1S/C22H26N4O/c1-3-13-25(19-12-14-24(2)15-19)22(27)17-8-10-18(11-9-17)26-16-23-20-6-4-5-7-21(20)26/h4-11,16,19H,3,12-15H2,1-2H3. The summed E-state index contributed by atoms with van der Waals surface area (Å²) in [6.45, 7) is 4.97. The van der Waals surface area contributed by atoms with Crippen molar-refractivity contribution in [2.75, 3.05) is 26.7 Å². The van der Waals surface area contributed by atoms with Crippen LogP contribution in [0.2, 0.25) is 0 Å². The van der Waals surface area contributed by atoms with Gasteiger partial charge in [-0.1, -0.05) is 19.1 Å². The zero-order valence-corrected chi connectivity index (χ0v) is 16.0. The van der Waals surface area contributed by atoms with Gasteiger partial charge < -0.3 is 9.80 Å². The fraction of sp³-hybridized carbons (Fsp3) is 0.364. The van der Waals surface area contributed by atoms with Crippen molar-refractivity contribution in [2.45, 2.75) is 25.8 Å². The van der Waals surface area contributed by atoms with Gasteiger partial charge in [-0.25, -0.2) is 4.98 Å². The Balaban J connectivity index is 1.58. The van der Waals surface area contributed by atoms with Crippen LogP contribution < -0.4 is 0 Å². The van der Waals surface area contributed by atoms with Crippen LogP contribution in [0.15, 0.2) is 54.9 Å². The summed E-state index contributed by atoms with van der Waals surface area (Å²) in [5, 5.41) is 0. The third-order valence-corrected chi connectivity index (χ3v) is 5.38. The van der Waals surface area contributed by atoms with Gasteiger partial charge >= 0.3 is 0 Å². The number of benzene rings is 2. The Morgan fingerprint density at radius 1 is 1.19 bits per heavy atom. The van der Waals surface area contributed by atoms with Gasteiger partial charge in [0.15, 0.2) is 0 Å². The number of amides is 1. The second-order valence-corrected chi connectivity index (χ2v) is 7.35. The predicted octanol–water partition coefficient (Wildman–Crippen LogP) is 3.58. The van der Waals surface area contributed by atoms with E-state index in [0.717, 1.165) is 54.8 Å². The van der Waals surface area contributed by atoms with Gasteiger partial charge in [-0.2, -0.15) is 0 Å². The molecule has 1 aliphatic heterocycles. The van der Waals surface area contributed by atoms with Crippen molar-refractivity contribution in [3.63, 3.8) is 0 Å². The van der Waals surface area contributed by atoms with E-state index in [0.29, 0.717) is 6.04 Å². The van der Waals surface area contributed by atoms with Crippen LogP contribution >= 0.6 is 0 Å². The molecule has 3 aromatic rings. The molecule has 5 nitrogen and oxygen atoms in total. The largest absolute Gasteiger partial charge is 0.334 e. The van der Waals surface area contributed by atoms with Crippen LogP contribution in [-0.4, -0.2) is 58.0 Å². The number of fused-ring (bicyclic) bond motifs is 1. The molecular formula is C22H26N4O. The Hall–Kier alpha value is -2.66. The van der Waals surface area contributed by atoms with Crippen molar-refractivity contribution in [1.82, 2.24) is 19.4 Å². The Morgan fingerprint density at radius 3 is 2.67 bits per heavy atom. The highest BCUT2D eigenvalue weighted by molar-refractivity contribution is 5.94. The molecule has 1 fully saturated rings. The number of rotatable bonds is 5. The molecule has 0 N–H and O–H groups in total. The van der Waals surface area contributed by atoms with E-state index < -0.39 is 0 Å². The van der Waals surface area contributed by atoms with Gasteiger partial charge in [-0.05, 0) is 62.8 Å². The number of aromatic nitrogens is 2. The fourth-order valence-electron chi connectivity index (χ4n) is 3.95. The van der Waals surface area contributed by atoms with Gasteiger partial charge in [0.1, 0.15) is 6.33 Å². The zero-order chi connectivity index (χ0) is 18.8. The maximum Gasteiger partial charge on any atom is 0.254 e. The van der Waals surface area contributed by atoms with E-state index in [1.807, 2.05) is 48.8 Å². The van der Waals surface area contributed by atoms with Crippen LogP contribution in [0.1, 0.15) is 30.1 Å². The number of carbonyl (C=O) groups excluding carboxylic acids is 1. The van der Waals surface area contributed by atoms with Crippen LogP contribution in [0.4, 0.5) is 0 Å². The molecule has 1 amide bonds. The van der Waals surface area contributed by atoms with E-state index in [-0.39, 0.29) is 5.91 Å². The summed E-state index contributed by atoms with van der Waals surface area (Å²) in [7, 11) is 2.12. The predicted molar refractivity (Wildman–Crippen MR) is 108 cm³/mol. The third kappa shape index (κ3) is 3.47. The summed E-state index contributed by atoms with van der Waals surface area (Å²) in [5.74, 6) is 0.138. The zero-order valence-electron chi connectivity index (χ0n) is 16.0. The highest BCUT2D eigenvalue weighted by Crippen LogP contribution is 2.21. The molecular weight excluding hydrogens is 336 g/mol. The lowest BCUT2D eigenvalue weighted by molar-refractivity contribution is 0.0684. The lowest BCUT2D eigenvalue weighted by Gasteiger charge is -2.29. The van der Waals surface area contributed by atoms with E-state index in [1.54, 1.807) is 0 Å². The average Bonchev–Trinajstić information content (AvgIpc) is 3.32. The first-order valence-corrected chi connectivity index (χ1v) is 9.69. The molecule has 1 unspecified atom stereocenters. The molecule has 27 heavy (non-hydrogen) atoms. The van der Waals surface area contributed by atoms with E-state index in [1.165, 1.54) is 0 Å². The van der Waals surface area contributed by atoms with Gasteiger partial charge in [-0.3, -0.25) is 9.36 Å². The molecule has 0 bridgehead atoms. The highest BCUT2D eigenvalue weighted by Gasteiger charge is 2.29. The van der Waals surface area contributed by atoms with E-state index in [4.69, 9.17) is 0 Å². The Kier molecular flexibility index (Phi) is 4.94. The van der Waals surface area contributed by atoms with Crippen molar-refractivity contribution in [2.24, 2.45) is 0 Å². The van der Waals surface area contributed by atoms with Gasteiger partial charge in [0.2, 0.25) is 0 Å². The average molecular weight is 362 g/mol. The minimum atomic E-state index is 0.138. The summed E-state index contributed by atoms with van der Waals surface area (Å²) >= 11 is 0. The number of likely N-dealkylation sites (N-methyl/N-ethyl adjacent to an activating group) is 1. The minimum absolute atomic E-state index is 0.138. The number of carbonyl (C=O) groups is 1. The summed E-state index contributed by atoms with van der Waals surface area (Å²) in [4.78, 5) is 21.9. The Labute approximate surface area is 160 Å². The quantitative estimate of drug-likeness (QED) is 0.697. The molecule has 0 saturated carbocycles. The molecule has 1 aliphatic rings. The molecule has 2 aromatic carbocycles. The lowest BCUT2D eigenvalue weighted by atomic mass is 10.1. The van der Waals surface area contributed by atoms with Crippen molar-refractivity contribution in [3.05, 3.63) is 60.4 Å². The molecule has 0 aliphatic carbocycles. The lowest BCUT2D eigenvalue weighted by Crippen LogP contribution is -2.42. The second kappa shape index (κ2) is 7.53. The molecule has 1 atom stereocenters. The number of hydrogen-bond acceptors (Lipinski definition) is 3. The monoisotopic (exact) mass is 362 g/mol. The smallest absolute Gasteiger partial charge is 0.254 e. The van der Waals surface area contributed by atoms with Crippen LogP contribution in [0.25, 0.3) is 16.7 Å². The second-order valence-electron chi connectivity index (χ2n) is 7.35. The molecule has 4 rings (SSSR count). The molecule has 1 saturated heterocycles. The van der Waals surface area contributed by atoms with Crippen molar-refractivity contribution in [1.29, 1.82) is 0 Å². The number of likely N-dealkylation sites (tertiary alicyclic amines) is 1. The van der Waals surface area contributed by atoms with Crippen molar-refractivity contribution in [3.8, 4) is 5.69 Å². The van der Waals surface area contributed by atoms with Crippen LogP contribution in [0.3, 0.4) is 0 Å². The summed E-state index contributed by atoms with van der Waals surface area (Å²) in [6.07, 6.45) is 3.87. The first-order valence-electron chi connectivity index (χ1n) is 9.69. The van der Waals surface area contributed by atoms with Gasteiger partial charge in [0.25, 0.3) is 5.91 Å². The SMILES string of the molecule is CCCN(C(=O)c1ccc(-n2cnc3ccccc32)cc1)C1CCN(C)C1. The molecule has 0 spiro atoms. The maximum atomic E-state index is 13.1. The minimum Gasteiger partial charge on any atom is -0.334 e. The number of para-hydroxylation sites is 2. The van der Waals surface area contributed by atoms with E-state index in [2.05, 4.69) is 39.4 Å². The molecule has 0 radical (unpaired) electrons. The van der Waals surface area contributed by atoms with Crippen LogP contribution in [0.5, 0.6) is 0 Å². The maximum absolute atomic E-state index is 13.1. The summed E-state index contributed by atoms with van der Waals surface area (Å²) < 4.78 is 2.05. The Bertz CT molecular complexity index is 931. The van der Waals surface area contributed by atoms with E-state index in [9.17, 15) is 4.79 Å². The van der Waals surface area contributed by atoms with Crippen molar-refractivity contribution >= 4 is 16.9 Å². The van der Waals surface area contributed by atoms with Crippen molar-refractivity contribution < 1.29 is 4.79 Å². The third-order valence-electron chi connectivity index (χ3n) is 5.38. The number of imidazole rings is 1. The molecule has 5 heteroatoms. The van der Waals surface area contributed by atoms with Crippen LogP contribution in [-0.2, 0) is 0 Å². The first-order chi connectivity index (χ1) is 13.2. The normalized spacial score (nSPS) is 17.5. The highest BCUT2D eigenvalue weighted by atomic mass is 16.2. The molecule has 2 heterocycles. The fourth-order valence-corrected chi connectivity index (χ4v) is 3.95. The van der Waals surface area contributed by atoms with Gasteiger partial charge in [0, 0.05) is 30.4 Å². The molecule has 140 valence electrons. The number of nitrogens with zero attached hydrogens (tertiary/aromatic N) is 4. The molecule has 1 aromatic heterocycles. The summed E-state index contributed by atoms with van der Waals surface area (Å²) in [5.41, 5.74) is 3.81. The van der Waals surface area contributed by atoms with Gasteiger partial charge in [0.05, 0.1) is 11.0 Å². The topological polar surface area (TPSA) is 41.4 Å². The Morgan fingerprint density at radius 2 is 1.96 bits per heavy atom. The number of hydrogen-bond donors (Lipinski definition) is 0. The van der Waals surface area contributed by atoms with Crippen LogP contribution in [0, 0.1) is 0 Å². The van der Waals surface area contributed by atoms with Gasteiger partial charge in [-0.15, -0.1) is 0 Å².